The van der Waals surface area contributed by atoms with Crippen molar-refractivity contribution in [1.29, 1.82) is 0 Å². The first kappa shape index (κ1) is 12.4. The number of carboxylic acid groups (broad SMARTS) is 1. The molecule has 0 spiro atoms. The Hall–Kier alpha value is -0.710. The summed E-state index contributed by atoms with van der Waals surface area (Å²) >= 11 is 1.64. The highest BCUT2D eigenvalue weighted by molar-refractivity contribution is 7.99. The molecule has 1 aliphatic carbocycles. The minimum atomic E-state index is -0.726. The van der Waals surface area contributed by atoms with Gasteiger partial charge in [-0.05, 0) is 24.0 Å². The van der Waals surface area contributed by atoms with Crippen LogP contribution in [0.4, 0.5) is 0 Å². The van der Waals surface area contributed by atoms with Crippen LogP contribution >= 0.6 is 11.8 Å². The van der Waals surface area contributed by atoms with Crippen LogP contribution < -0.4 is 5.73 Å². The lowest BCUT2D eigenvalue weighted by atomic mass is 10.1. The highest BCUT2D eigenvalue weighted by Crippen LogP contribution is 2.51. The summed E-state index contributed by atoms with van der Waals surface area (Å²) in [5, 5.41) is 8.70. The topological polar surface area (TPSA) is 80.4 Å². The monoisotopic (exact) mass is 231 g/mol. The van der Waals surface area contributed by atoms with Gasteiger partial charge >= 0.3 is 5.97 Å². The molecule has 4 nitrogen and oxygen atoms in total. The molecular weight excluding hydrogens is 214 g/mol. The lowest BCUT2D eigenvalue weighted by molar-refractivity contribution is -0.138. The molecule has 5 heteroatoms. The van der Waals surface area contributed by atoms with Crippen LogP contribution in [0.15, 0.2) is 0 Å². The van der Waals surface area contributed by atoms with E-state index in [9.17, 15) is 9.59 Å². The van der Waals surface area contributed by atoms with E-state index in [1.807, 2.05) is 0 Å². The number of thioether (sulfide) groups is 1. The number of aliphatic carboxylic acids is 1. The Morgan fingerprint density at radius 2 is 2.13 bits per heavy atom. The first-order chi connectivity index (χ1) is 6.95. The fourth-order valence-corrected chi connectivity index (χ4v) is 2.86. The van der Waals surface area contributed by atoms with Crippen molar-refractivity contribution in [2.75, 3.05) is 11.5 Å². The molecule has 1 rings (SSSR count). The Kier molecular flexibility index (Phi) is 4.02. The zero-order valence-corrected chi connectivity index (χ0v) is 9.68. The number of carbonyl (C=O) groups is 2. The zero-order chi connectivity index (χ0) is 11.5. The quantitative estimate of drug-likeness (QED) is 0.687. The molecule has 15 heavy (non-hydrogen) atoms. The first-order valence-corrected chi connectivity index (χ1v) is 6.19. The highest BCUT2D eigenvalue weighted by Gasteiger charge is 2.44. The lowest BCUT2D eigenvalue weighted by Gasteiger charge is -2.13. The van der Waals surface area contributed by atoms with Gasteiger partial charge in [-0.3, -0.25) is 9.59 Å². The van der Waals surface area contributed by atoms with Gasteiger partial charge in [0.25, 0.3) is 0 Å². The second-order valence-corrected chi connectivity index (χ2v) is 5.42. The van der Waals surface area contributed by atoms with Crippen LogP contribution in [0.2, 0.25) is 0 Å². The van der Waals surface area contributed by atoms with Crippen molar-refractivity contribution in [3.8, 4) is 0 Å². The molecule has 3 N–H and O–H groups in total. The fourth-order valence-electron chi connectivity index (χ4n) is 1.40. The van der Waals surface area contributed by atoms with Gasteiger partial charge < -0.3 is 10.8 Å². The minimum absolute atomic E-state index is 0.00780. The van der Waals surface area contributed by atoms with Gasteiger partial charge in [0, 0.05) is 11.7 Å². The second-order valence-electron chi connectivity index (χ2n) is 4.39. The van der Waals surface area contributed by atoms with E-state index < -0.39 is 5.97 Å². The van der Waals surface area contributed by atoms with Gasteiger partial charge in [0.05, 0.1) is 6.42 Å². The summed E-state index contributed by atoms with van der Waals surface area (Å²) in [5.74, 6) is 0.380. The molecule has 0 aromatic carbocycles. The number of amides is 1. The molecule has 1 aliphatic rings. The van der Waals surface area contributed by atoms with Crippen LogP contribution in [-0.2, 0) is 9.59 Å². The summed E-state index contributed by atoms with van der Waals surface area (Å²) in [7, 11) is 0. The van der Waals surface area contributed by atoms with Gasteiger partial charge in [0.15, 0.2) is 0 Å². The van der Waals surface area contributed by atoms with Crippen LogP contribution in [0, 0.1) is 11.3 Å². The molecule has 0 heterocycles. The number of carbonyl (C=O) groups excluding carboxylic acids is 1. The third-order valence-corrected chi connectivity index (χ3v) is 4.30. The Morgan fingerprint density at radius 1 is 1.53 bits per heavy atom. The highest BCUT2D eigenvalue weighted by atomic mass is 32.2. The Bertz CT molecular complexity index is 263. The van der Waals surface area contributed by atoms with Gasteiger partial charge in [-0.1, -0.05) is 6.92 Å². The van der Waals surface area contributed by atoms with Crippen molar-refractivity contribution in [1.82, 2.24) is 0 Å². The van der Waals surface area contributed by atoms with Crippen molar-refractivity contribution >= 4 is 23.6 Å². The summed E-state index contributed by atoms with van der Waals surface area (Å²) < 4.78 is 0. The van der Waals surface area contributed by atoms with Crippen molar-refractivity contribution in [2.24, 2.45) is 17.1 Å². The summed E-state index contributed by atoms with van der Waals surface area (Å²) in [6.07, 6.45) is 2.25. The van der Waals surface area contributed by atoms with Crippen LogP contribution in [0.5, 0.6) is 0 Å². The second kappa shape index (κ2) is 4.88. The fraction of sp³-hybridized carbons (Fsp3) is 0.800. The molecule has 86 valence electrons. The maximum absolute atomic E-state index is 10.8. The molecule has 0 aromatic heterocycles. The molecule has 1 unspecified atom stereocenters. The summed E-state index contributed by atoms with van der Waals surface area (Å²) in [4.78, 5) is 21.3. The van der Waals surface area contributed by atoms with Crippen molar-refractivity contribution in [3.63, 3.8) is 0 Å². The SMILES string of the molecule is CC(CSCC1(CC(=O)O)CC1)C(N)=O. The molecule has 0 saturated heterocycles. The van der Waals surface area contributed by atoms with Crippen molar-refractivity contribution in [2.45, 2.75) is 26.2 Å². The van der Waals surface area contributed by atoms with E-state index in [-0.39, 0.29) is 23.7 Å². The number of hydrogen-bond donors (Lipinski definition) is 2. The predicted octanol–water partition coefficient (Wildman–Crippen LogP) is 1.10. The molecule has 1 atom stereocenters. The van der Waals surface area contributed by atoms with Crippen molar-refractivity contribution in [3.05, 3.63) is 0 Å². The molecule has 0 aromatic rings. The molecule has 1 amide bonds. The number of carboxylic acids is 1. The molecule has 0 aliphatic heterocycles. The van der Waals surface area contributed by atoms with Crippen LogP contribution in [0.25, 0.3) is 0 Å². The smallest absolute Gasteiger partial charge is 0.303 e. The standard InChI is InChI=1S/C10H17NO3S/c1-7(9(11)14)5-15-6-10(2-3-10)4-8(12)13/h7H,2-6H2,1H3,(H2,11,14)(H,12,13). The van der Waals surface area contributed by atoms with E-state index in [1.54, 1.807) is 18.7 Å². The van der Waals surface area contributed by atoms with Gasteiger partial charge in [0.2, 0.25) is 5.91 Å². The molecule has 1 fully saturated rings. The normalized spacial score (nSPS) is 19.5. The Balaban J connectivity index is 2.20. The van der Waals surface area contributed by atoms with E-state index in [0.717, 1.165) is 18.6 Å². The van der Waals surface area contributed by atoms with Gasteiger partial charge in [0.1, 0.15) is 0 Å². The average Bonchev–Trinajstić information content (AvgIpc) is 2.83. The van der Waals surface area contributed by atoms with Gasteiger partial charge in [-0.25, -0.2) is 0 Å². The van der Waals surface area contributed by atoms with Gasteiger partial charge in [-0.2, -0.15) is 11.8 Å². The maximum Gasteiger partial charge on any atom is 0.303 e. The molecule has 0 radical (unpaired) electrons. The Morgan fingerprint density at radius 3 is 2.53 bits per heavy atom. The number of rotatable bonds is 7. The van der Waals surface area contributed by atoms with Crippen LogP contribution in [-0.4, -0.2) is 28.5 Å². The molecule has 1 saturated carbocycles. The predicted molar refractivity (Wildman–Crippen MR) is 59.6 cm³/mol. The van der Waals surface area contributed by atoms with E-state index in [0.29, 0.717) is 5.75 Å². The van der Waals surface area contributed by atoms with E-state index in [1.165, 1.54) is 0 Å². The summed E-state index contributed by atoms with van der Waals surface area (Å²) in [6, 6.07) is 0. The molecular formula is C10H17NO3S. The van der Waals surface area contributed by atoms with E-state index >= 15 is 0 Å². The van der Waals surface area contributed by atoms with Crippen LogP contribution in [0.3, 0.4) is 0 Å². The number of primary amides is 1. The zero-order valence-electron chi connectivity index (χ0n) is 8.86. The van der Waals surface area contributed by atoms with Gasteiger partial charge in [-0.15, -0.1) is 0 Å². The lowest BCUT2D eigenvalue weighted by Crippen LogP contribution is -2.23. The van der Waals surface area contributed by atoms with Crippen LogP contribution in [0.1, 0.15) is 26.2 Å². The summed E-state index contributed by atoms with van der Waals surface area (Å²) in [6.45, 7) is 1.80. The minimum Gasteiger partial charge on any atom is -0.481 e. The molecule has 0 bridgehead atoms. The largest absolute Gasteiger partial charge is 0.481 e. The third kappa shape index (κ3) is 4.11. The third-order valence-electron chi connectivity index (χ3n) is 2.75. The van der Waals surface area contributed by atoms with E-state index in [2.05, 4.69) is 0 Å². The number of hydrogen-bond acceptors (Lipinski definition) is 3. The Labute approximate surface area is 93.6 Å². The number of nitrogens with two attached hydrogens (primary N) is 1. The first-order valence-electron chi connectivity index (χ1n) is 5.04. The van der Waals surface area contributed by atoms with E-state index in [4.69, 9.17) is 10.8 Å². The average molecular weight is 231 g/mol. The summed E-state index contributed by atoms with van der Waals surface area (Å²) in [5.41, 5.74) is 5.14. The maximum atomic E-state index is 10.8. The van der Waals surface area contributed by atoms with Crippen molar-refractivity contribution < 1.29 is 14.7 Å².